The number of hydrogen-bond acceptors (Lipinski definition) is 5. The summed E-state index contributed by atoms with van der Waals surface area (Å²) in [6.07, 6.45) is 2.78. The van der Waals surface area contributed by atoms with Crippen LogP contribution in [0.1, 0.15) is 35.2 Å². The lowest BCUT2D eigenvalue weighted by Gasteiger charge is -2.30. The fourth-order valence-corrected chi connectivity index (χ4v) is 4.66. The summed E-state index contributed by atoms with van der Waals surface area (Å²) in [4.78, 5) is 10.5. The van der Waals surface area contributed by atoms with Crippen molar-refractivity contribution >= 4 is 27.5 Å². The van der Waals surface area contributed by atoms with Crippen LogP contribution in [-0.4, -0.2) is 33.3 Å². The lowest BCUT2D eigenvalue weighted by atomic mass is 9.96. The summed E-state index contributed by atoms with van der Waals surface area (Å²) in [7, 11) is 0. The zero-order valence-corrected chi connectivity index (χ0v) is 16.1. The zero-order chi connectivity index (χ0) is 18.9. The van der Waals surface area contributed by atoms with Gasteiger partial charge in [0.2, 0.25) is 5.13 Å². The molecule has 7 heteroatoms. The second-order valence-corrected chi connectivity index (χ2v) is 8.22. The largest absolute Gasteiger partial charge is 0.347 e. The SMILES string of the molecule is Fc1ccc(Cc2nnc(N3CCC(c4nc5ccccc5[nH]4)CC3)s2)cc1. The first-order valence-electron chi connectivity index (χ1n) is 9.51. The molecular weight excluding hydrogens is 373 g/mol. The van der Waals surface area contributed by atoms with Crippen molar-refractivity contribution in [3.05, 3.63) is 70.7 Å². The fraction of sp³-hybridized carbons (Fsp3) is 0.286. The van der Waals surface area contributed by atoms with Gasteiger partial charge in [0.15, 0.2) is 0 Å². The third-order valence-electron chi connectivity index (χ3n) is 5.28. The predicted molar refractivity (Wildman–Crippen MR) is 109 cm³/mol. The van der Waals surface area contributed by atoms with Gasteiger partial charge in [-0.3, -0.25) is 0 Å². The second kappa shape index (κ2) is 7.31. The smallest absolute Gasteiger partial charge is 0.208 e. The van der Waals surface area contributed by atoms with Crippen molar-refractivity contribution in [3.8, 4) is 0 Å². The summed E-state index contributed by atoms with van der Waals surface area (Å²) in [5.41, 5.74) is 3.19. The van der Waals surface area contributed by atoms with Gasteiger partial charge in [0.25, 0.3) is 0 Å². The maximum Gasteiger partial charge on any atom is 0.208 e. The number of nitrogens with one attached hydrogen (secondary N) is 1. The molecule has 142 valence electrons. The number of aromatic nitrogens is 4. The van der Waals surface area contributed by atoms with Crippen molar-refractivity contribution in [2.45, 2.75) is 25.2 Å². The van der Waals surface area contributed by atoms with Gasteiger partial charge in [0, 0.05) is 25.4 Å². The molecule has 2 aromatic carbocycles. The van der Waals surface area contributed by atoms with Crippen LogP contribution in [0.25, 0.3) is 11.0 Å². The highest BCUT2D eigenvalue weighted by atomic mass is 32.1. The van der Waals surface area contributed by atoms with E-state index in [1.165, 1.54) is 12.1 Å². The molecule has 5 nitrogen and oxygen atoms in total. The number of rotatable bonds is 4. The fourth-order valence-electron chi connectivity index (χ4n) is 3.73. The predicted octanol–water partition coefficient (Wildman–Crippen LogP) is 4.53. The van der Waals surface area contributed by atoms with Crippen LogP contribution in [0.2, 0.25) is 0 Å². The van der Waals surface area contributed by atoms with E-state index in [4.69, 9.17) is 4.98 Å². The van der Waals surface area contributed by atoms with Crippen LogP contribution in [0, 0.1) is 5.82 Å². The number of para-hydroxylation sites is 2. The van der Waals surface area contributed by atoms with Gasteiger partial charge < -0.3 is 9.88 Å². The van der Waals surface area contributed by atoms with Crippen LogP contribution in [0.5, 0.6) is 0 Å². The summed E-state index contributed by atoms with van der Waals surface area (Å²) >= 11 is 1.63. The van der Waals surface area contributed by atoms with Crippen LogP contribution in [0.3, 0.4) is 0 Å². The van der Waals surface area contributed by atoms with Gasteiger partial charge in [-0.25, -0.2) is 9.37 Å². The lowest BCUT2D eigenvalue weighted by Crippen LogP contribution is -2.33. The Morgan fingerprint density at radius 3 is 2.61 bits per heavy atom. The van der Waals surface area contributed by atoms with Gasteiger partial charge in [-0.2, -0.15) is 0 Å². The minimum atomic E-state index is -0.214. The number of halogens is 1. The molecule has 0 saturated carbocycles. The van der Waals surface area contributed by atoms with Crippen molar-refractivity contribution in [1.82, 2.24) is 20.2 Å². The van der Waals surface area contributed by atoms with Crippen LogP contribution in [0.4, 0.5) is 9.52 Å². The maximum absolute atomic E-state index is 13.0. The molecule has 1 N–H and O–H groups in total. The number of nitrogens with zero attached hydrogens (tertiary/aromatic N) is 4. The van der Waals surface area contributed by atoms with Crippen LogP contribution in [0.15, 0.2) is 48.5 Å². The molecule has 28 heavy (non-hydrogen) atoms. The topological polar surface area (TPSA) is 57.7 Å². The highest BCUT2D eigenvalue weighted by molar-refractivity contribution is 7.15. The van der Waals surface area contributed by atoms with Gasteiger partial charge in [-0.05, 0) is 42.7 Å². The Morgan fingerprint density at radius 1 is 1.04 bits per heavy atom. The first-order chi connectivity index (χ1) is 13.7. The average molecular weight is 393 g/mol. The van der Waals surface area contributed by atoms with Crippen molar-refractivity contribution in [3.63, 3.8) is 0 Å². The minimum absolute atomic E-state index is 0.214. The normalized spacial score (nSPS) is 15.4. The first-order valence-corrected chi connectivity index (χ1v) is 10.3. The molecule has 5 rings (SSSR count). The molecule has 0 unspecified atom stereocenters. The number of imidazole rings is 1. The van der Waals surface area contributed by atoms with Crippen molar-refractivity contribution < 1.29 is 4.39 Å². The first kappa shape index (κ1) is 17.3. The molecule has 0 spiro atoms. The molecule has 0 aliphatic carbocycles. The highest BCUT2D eigenvalue weighted by Gasteiger charge is 2.25. The summed E-state index contributed by atoms with van der Waals surface area (Å²) in [6.45, 7) is 1.90. The standard InChI is InChI=1S/C21H20FN5S/c22-16-7-5-14(6-8-16)13-19-25-26-21(28-19)27-11-9-15(10-12-27)20-23-17-3-1-2-4-18(17)24-20/h1-8,15H,9-13H2,(H,23,24). The van der Waals surface area contributed by atoms with E-state index < -0.39 is 0 Å². The zero-order valence-electron chi connectivity index (χ0n) is 15.3. The van der Waals surface area contributed by atoms with E-state index in [1.54, 1.807) is 23.5 Å². The molecule has 2 aromatic heterocycles. The third kappa shape index (κ3) is 3.49. The molecule has 0 atom stereocenters. The minimum Gasteiger partial charge on any atom is -0.347 e. The number of H-pyrrole nitrogens is 1. The highest BCUT2D eigenvalue weighted by Crippen LogP contribution is 2.31. The van der Waals surface area contributed by atoms with E-state index in [0.717, 1.165) is 58.5 Å². The van der Waals surface area contributed by atoms with E-state index in [-0.39, 0.29) is 5.82 Å². The molecule has 1 fully saturated rings. The van der Waals surface area contributed by atoms with E-state index >= 15 is 0 Å². The Hall–Kier alpha value is -2.80. The Bertz CT molecular complexity index is 1050. The van der Waals surface area contributed by atoms with Gasteiger partial charge in [0.1, 0.15) is 16.6 Å². The number of aromatic amines is 1. The molecular formula is C21H20FN5S. The van der Waals surface area contributed by atoms with Gasteiger partial charge in [-0.1, -0.05) is 35.6 Å². The number of hydrogen-bond donors (Lipinski definition) is 1. The van der Waals surface area contributed by atoms with Gasteiger partial charge >= 0.3 is 0 Å². The van der Waals surface area contributed by atoms with E-state index in [0.29, 0.717) is 12.3 Å². The van der Waals surface area contributed by atoms with Crippen LogP contribution < -0.4 is 4.90 Å². The van der Waals surface area contributed by atoms with E-state index in [1.807, 2.05) is 18.2 Å². The van der Waals surface area contributed by atoms with Crippen LogP contribution >= 0.6 is 11.3 Å². The number of piperidine rings is 1. The summed E-state index contributed by atoms with van der Waals surface area (Å²) in [6, 6.07) is 14.8. The van der Waals surface area contributed by atoms with E-state index in [2.05, 4.69) is 26.1 Å². The number of fused-ring (bicyclic) bond motifs is 1. The third-order valence-corrected chi connectivity index (χ3v) is 6.27. The Balaban J connectivity index is 1.23. The van der Waals surface area contributed by atoms with Gasteiger partial charge in [-0.15, -0.1) is 10.2 Å². The Morgan fingerprint density at radius 2 is 1.82 bits per heavy atom. The van der Waals surface area contributed by atoms with Crippen molar-refractivity contribution in [1.29, 1.82) is 0 Å². The molecule has 1 saturated heterocycles. The number of benzene rings is 2. The maximum atomic E-state index is 13.0. The molecule has 1 aliphatic rings. The summed E-state index contributed by atoms with van der Waals surface area (Å²) in [5, 5.41) is 10.6. The Labute approximate surface area is 166 Å². The molecule has 0 amide bonds. The van der Waals surface area contributed by atoms with Gasteiger partial charge in [0.05, 0.1) is 11.0 Å². The average Bonchev–Trinajstić information content (AvgIpc) is 3.37. The summed E-state index contributed by atoms with van der Waals surface area (Å²) in [5.74, 6) is 1.33. The lowest BCUT2D eigenvalue weighted by molar-refractivity contribution is 0.488. The van der Waals surface area contributed by atoms with Crippen LogP contribution in [-0.2, 0) is 6.42 Å². The Kier molecular flexibility index (Phi) is 4.52. The van der Waals surface area contributed by atoms with E-state index in [9.17, 15) is 4.39 Å². The van der Waals surface area contributed by atoms with Crippen molar-refractivity contribution in [2.75, 3.05) is 18.0 Å². The molecule has 1 aliphatic heterocycles. The molecule has 0 radical (unpaired) electrons. The molecule has 4 aromatic rings. The monoisotopic (exact) mass is 393 g/mol. The molecule has 3 heterocycles. The summed E-state index contributed by atoms with van der Waals surface area (Å²) < 4.78 is 13.0. The van der Waals surface area contributed by atoms with Crippen molar-refractivity contribution in [2.24, 2.45) is 0 Å². The second-order valence-electron chi connectivity index (χ2n) is 7.18. The quantitative estimate of drug-likeness (QED) is 0.553. The number of anilines is 1. The molecule has 0 bridgehead atoms.